The molecule has 1 N–H and O–H groups in total. The molecule has 4 aromatic rings. The van der Waals surface area contributed by atoms with Crippen LogP contribution < -0.4 is 5.32 Å². The summed E-state index contributed by atoms with van der Waals surface area (Å²) in [7, 11) is 0. The zero-order chi connectivity index (χ0) is 21.8. The van der Waals surface area contributed by atoms with Crippen LogP contribution in [0, 0.1) is 6.92 Å². The molecule has 2 heterocycles. The molecule has 156 valence electrons. The second kappa shape index (κ2) is 8.51. The van der Waals surface area contributed by atoms with E-state index in [1.807, 2.05) is 37.3 Å². The minimum Gasteiger partial charge on any atom is -0.363 e. The van der Waals surface area contributed by atoms with E-state index in [0.29, 0.717) is 35.3 Å². The quantitative estimate of drug-likeness (QED) is 0.458. The van der Waals surface area contributed by atoms with Crippen LogP contribution in [0.1, 0.15) is 17.0 Å². The van der Waals surface area contributed by atoms with Gasteiger partial charge in [-0.05, 0) is 24.6 Å². The molecule has 2 aromatic heterocycles. The van der Waals surface area contributed by atoms with Crippen molar-refractivity contribution in [3.05, 3.63) is 90.0 Å². The number of hydrogen-bond donors (Lipinski definition) is 1. The first-order valence-corrected chi connectivity index (χ1v) is 9.52. The van der Waals surface area contributed by atoms with E-state index in [2.05, 4.69) is 25.3 Å². The van der Waals surface area contributed by atoms with Gasteiger partial charge in [-0.1, -0.05) is 42.5 Å². The second-order valence-corrected chi connectivity index (χ2v) is 6.94. The lowest BCUT2D eigenvalue weighted by Gasteiger charge is -2.12. The van der Waals surface area contributed by atoms with Crippen LogP contribution in [-0.4, -0.2) is 19.9 Å². The second-order valence-electron chi connectivity index (χ2n) is 6.94. The standard InChI is InChI=1S/C23H18F3N5/c1-15-12-27-21(28-13-15)14-29-20-11-19(17-8-5-9-18(10-17)23(24,25)26)30-22(31-20)16-6-3-2-4-7-16/h2-13H,14H2,1H3,(H,29,30,31). The van der Waals surface area contributed by atoms with Gasteiger partial charge in [0.15, 0.2) is 5.82 Å². The number of aromatic nitrogens is 4. The summed E-state index contributed by atoms with van der Waals surface area (Å²) >= 11 is 0. The van der Waals surface area contributed by atoms with Crippen molar-refractivity contribution in [2.75, 3.05) is 5.32 Å². The zero-order valence-corrected chi connectivity index (χ0v) is 16.6. The number of alkyl halides is 3. The third-order valence-corrected chi connectivity index (χ3v) is 4.51. The molecular weight excluding hydrogens is 403 g/mol. The van der Waals surface area contributed by atoms with E-state index in [0.717, 1.165) is 23.3 Å². The molecule has 0 spiro atoms. The lowest BCUT2D eigenvalue weighted by atomic mass is 10.1. The van der Waals surface area contributed by atoms with Gasteiger partial charge in [0.2, 0.25) is 0 Å². The fourth-order valence-electron chi connectivity index (χ4n) is 2.94. The highest BCUT2D eigenvalue weighted by molar-refractivity contribution is 5.68. The van der Waals surface area contributed by atoms with Gasteiger partial charge in [-0.15, -0.1) is 0 Å². The first kappa shape index (κ1) is 20.5. The van der Waals surface area contributed by atoms with Crippen molar-refractivity contribution in [2.45, 2.75) is 19.6 Å². The van der Waals surface area contributed by atoms with Crippen LogP contribution in [0.5, 0.6) is 0 Å². The van der Waals surface area contributed by atoms with Gasteiger partial charge in [0, 0.05) is 29.6 Å². The van der Waals surface area contributed by atoms with Gasteiger partial charge < -0.3 is 5.32 Å². The highest BCUT2D eigenvalue weighted by Crippen LogP contribution is 2.32. The smallest absolute Gasteiger partial charge is 0.363 e. The predicted octanol–water partition coefficient (Wildman–Crippen LogP) is 5.54. The molecule has 0 atom stereocenters. The number of benzene rings is 2. The van der Waals surface area contributed by atoms with Crippen molar-refractivity contribution >= 4 is 5.82 Å². The van der Waals surface area contributed by atoms with Crippen LogP contribution in [0.4, 0.5) is 19.0 Å². The molecule has 0 aliphatic heterocycles. The molecule has 0 amide bonds. The third-order valence-electron chi connectivity index (χ3n) is 4.51. The van der Waals surface area contributed by atoms with Gasteiger partial charge >= 0.3 is 6.18 Å². The van der Waals surface area contributed by atoms with Crippen LogP contribution >= 0.6 is 0 Å². The molecule has 0 aliphatic carbocycles. The van der Waals surface area contributed by atoms with Gasteiger partial charge in [-0.25, -0.2) is 19.9 Å². The Balaban J connectivity index is 1.72. The number of nitrogens with zero attached hydrogens (tertiary/aromatic N) is 4. The molecule has 31 heavy (non-hydrogen) atoms. The van der Waals surface area contributed by atoms with Crippen molar-refractivity contribution in [3.8, 4) is 22.6 Å². The predicted molar refractivity (Wildman–Crippen MR) is 112 cm³/mol. The summed E-state index contributed by atoms with van der Waals surface area (Å²) in [6, 6.07) is 16.0. The maximum Gasteiger partial charge on any atom is 0.416 e. The fourth-order valence-corrected chi connectivity index (χ4v) is 2.94. The molecule has 0 fully saturated rings. The summed E-state index contributed by atoms with van der Waals surface area (Å²) < 4.78 is 39.6. The van der Waals surface area contributed by atoms with E-state index >= 15 is 0 Å². The molecule has 0 saturated carbocycles. The summed E-state index contributed by atoms with van der Waals surface area (Å²) in [6.07, 6.45) is -1.00. The number of anilines is 1. The molecule has 5 nitrogen and oxygen atoms in total. The fraction of sp³-hybridized carbons (Fsp3) is 0.130. The maximum absolute atomic E-state index is 13.2. The number of hydrogen-bond acceptors (Lipinski definition) is 5. The summed E-state index contributed by atoms with van der Waals surface area (Å²) in [5.74, 6) is 1.44. The minimum atomic E-state index is -4.44. The lowest BCUT2D eigenvalue weighted by molar-refractivity contribution is -0.137. The van der Waals surface area contributed by atoms with Crippen LogP contribution in [0.15, 0.2) is 73.1 Å². The Morgan fingerprint density at radius 2 is 1.55 bits per heavy atom. The average Bonchev–Trinajstić information content (AvgIpc) is 2.79. The first-order chi connectivity index (χ1) is 14.9. The largest absolute Gasteiger partial charge is 0.416 e. The Labute approximate surface area is 177 Å². The van der Waals surface area contributed by atoms with E-state index in [4.69, 9.17) is 0 Å². The Morgan fingerprint density at radius 3 is 2.26 bits per heavy atom. The molecular formula is C23H18F3N5. The highest BCUT2D eigenvalue weighted by Gasteiger charge is 2.30. The topological polar surface area (TPSA) is 63.6 Å². The molecule has 2 aromatic carbocycles. The molecule has 4 rings (SSSR count). The molecule has 0 bridgehead atoms. The molecule has 0 unspecified atom stereocenters. The summed E-state index contributed by atoms with van der Waals surface area (Å²) in [4.78, 5) is 17.5. The van der Waals surface area contributed by atoms with Crippen LogP contribution in [-0.2, 0) is 12.7 Å². The van der Waals surface area contributed by atoms with Crippen molar-refractivity contribution in [1.82, 2.24) is 19.9 Å². The van der Waals surface area contributed by atoms with Crippen molar-refractivity contribution in [3.63, 3.8) is 0 Å². The molecule has 8 heteroatoms. The summed E-state index contributed by atoms with van der Waals surface area (Å²) in [5.41, 5.74) is 1.71. The monoisotopic (exact) mass is 421 g/mol. The Hall–Kier alpha value is -3.81. The number of aryl methyl sites for hydroxylation is 1. The number of rotatable bonds is 5. The van der Waals surface area contributed by atoms with E-state index in [1.54, 1.807) is 24.5 Å². The Morgan fingerprint density at radius 1 is 0.839 bits per heavy atom. The lowest BCUT2D eigenvalue weighted by Crippen LogP contribution is -2.07. The van der Waals surface area contributed by atoms with Crippen LogP contribution in [0.2, 0.25) is 0 Å². The van der Waals surface area contributed by atoms with Gasteiger partial charge in [0.1, 0.15) is 11.6 Å². The van der Waals surface area contributed by atoms with E-state index < -0.39 is 11.7 Å². The molecule has 0 aliphatic rings. The van der Waals surface area contributed by atoms with E-state index in [-0.39, 0.29) is 0 Å². The average molecular weight is 421 g/mol. The zero-order valence-electron chi connectivity index (χ0n) is 16.6. The highest BCUT2D eigenvalue weighted by atomic mass is 19.4. The maximum atomic E-state index is 13.2. The van der Waals surface area contributed by atoms with Gasteiger partial charge in [-0.2, -0.15) is 13.2 Å². The van der Waals surface area contributed by atoms with Gasteiger partial charge in [0.05, 0.1) is 17.8 Å². The molecule has 0 radical (unpaired) electrons. The van der Waals surface area contributed by atoms with Crippen molar-refractivity contribution in [1.29, 1.82) is 0 Å². The van der Waals surface area contributed by atoms with Crippen LogP contribution in [0.25, 0.3) is 22.6 Å². The number of halogens is 3. The molecule has 0 saturated heterocycles. The van der Waals surface area contributed by atoms with E-state index in [9.17, 15) is 13.2 Å². The van der Waals surface area contributed by atoms with Gasteiger partial charge in [-0.3, -0.25) is 0 Å². The first-order valence-electron chi connectivity index (χ1n) is 9.52. The van der Waals surface area contributed by atoms with Crippen molar-refractivity contribution in [2.24, 2.45) is 0 Å². The minimum absolute atomic E-state index is 0.313. The summed E-state index contributed by atoms with van der Waals surface area (Å²) in [6.45, 7) is 2.21. The third kappa shape index (κ3) is 5.03. The summed E-state index contributed by atoms with van der Waals surface area (Å²) in [5, 5.41) is 3.15. The Kier molecular flexibility index (Phi) is 5.62. The van der Waals surface area contributed by atoms with Crippen LogP contribution in [0.3, 0.4) is 0 Å². The van der Waals surface area contributed by atoms with Gasteiger partial charge in [0.25, 0.3) is 0 Å². The van der Waals surface area contributed by atoms with Crippen molar-refractivity contribution < 1.29 is 13.2 Å². The SMILES string of the molecule is Cc1cnc(CNc2cc(-c3cccc(C(F)(F)F)c3)nc(-c3ccccc3)n2)nc1. The Bertz CT molecular complexity index is 1180. The number of nitrogens with one attached hydrogen (secondary N) is 1. The van der Waals surface area contributed by atoms with E-state index in [1.165, 1.54) is 6.07 Å². The normalized spacial score (nSPS) is 11.4.